The minimum absolute atomic E-state index is 0.0805. The molecule has 0 aliphatic rings. The molecule has 2 N–H and O–H groups in total. The Morgan fingerprint density at radius 2 is 1.75 bits per heavy atom. The van der Waals surface area contributed by atoms with E-state index >= 15 is 0 Å². The van der Waals surface area contributed by atoms with Gasteiger partial charge in [-0.25, -0.2) is 0 Å². The molecule has 0 heterocycles. The first-order chi connectivity index (χ1) is 13.3. The van der Waals surface area contributed by atoms with Gasteiger partial charge in [0.1, 0.15) is 11.5 Å². The minimum Gasteiger partial charge on any atom is -0.494 e. The van der Waals surface area contributed by atoms with Gasteiger partial charge in [0.2, 0.25) is 0 Å². The molecule has 28 heavy (non-hydrogen) atoms. The molecular weight excluding hydrogens is 372 g/mol. The fraction of sp³-hybridized carbons (Fsp3) is 0.364. The van der Waals surface area contributed by atoms with E-state index in [9.17, 15) is 4.79 Å². The van der Waals surface area contributed by atoms with Crippen LogP contribution in [-0.4, -0.2) is 23.7 Å². The van der Waals surface area contributed by atoms with E-state index < -0.39 is 0 Å². The van der Waals surface area contributed by atoms with Gasteiger partial charge in [-0.15, -0.1) is 0 Å². The molecule has 1 amide bonds. The predicted octanol–water partition coefficient (Wildman–Crippen LogP) is 5.03. The van der Waals surface area contributed by atoms with Crippen LogP contribution in [0.2, 0.25) is 0 Å². The highest BCUT2D eigenvalue weighted by atomic mass is 32.1. The molecular formula is C22H28N2O3S. The zero-order chi connectivity index (χ0) is 20.5. The maximum atomic E-state index is 12.5. The Balaban J connectivity index is 1.92. The van der Waals surface area contributed by atoms with Crippen LogP contribution in [0.5, 0.6) is 11.5 Å². The summed E-state index contributed by atoms with van der Waals surface area (Å²) in [6.07, 6.45) is 1.04. The number of benzene rings is 2. The topological polar surface area (TPSA) is 59.6 Å². The van der Waals surface area contributed by atoms with Crippen LogP contribution in [0.4, 0.5) is 5.69 Å². The molecule has 5 nitrogen and oxygen atoms in total. The van der Waals surface area contributed by atoms with E-state index in [4.69, 9.17) is 21.7 Å². The second kappa shape index (κ2) is 10.7. The first-order valence-corrected chi connectivity index (χ1v) is 9.86. The van der Waals surface area contributed by atoms with Gasteiger partial charge in [0.25, 0.3) is 5.91 Å². The molecule has 0 aliphatic heterocycles. The largest absolute Gasteiger partial charge is 0.494 e. The Hall–Kier alpha value is -2.60. The number of thiocarbonyl (C=S) groups is 1. The van der Waals surface area contributed by atoms with Crippen molar-refractivity contribution in [1.29, 1.82) is 0 Å². The van der Waals surface area contributed by atoms with Crippen LogP contribution in [0.3, 0.4) is 0 Å². The highest BCUT2D eigenvalue weighted by Gasteiger charge is 2.10. The second-order valence-corrected chi connectivity index (χ2v) is 7.57. The fourth-order valence-corrected chi connectivity index (χ4v) is 2.61. The summed E-state index contributed by atoms with van der Waals surface area (Å²) < 4.78 is 11.4. The molecule has 0 radical (unpaired) electrons. The predicted molar refractivity (Wildman–Crippen MR) is 117 cm³/mol. The zero-order valence-corrected chi connectivity index (χ0v) is 17.6. The lowest BCUT2D eigenvalue weighted by atomic mass is 10.1. The maximum absolute atomic E-state index is 12.5. The number of nitrogens with one attached hydrogen (secondary N) is 2. The van der Waals surface area contributed by atoms with Gasteiger partial charge in [0, 0.05) is 17.3 Å². The van der Waals surface area contributed by atoms with Crippen molar-refractivity contribution in [2.24, 2.45) is 5.92 Å². The van der Waals surface area contributed by atoms with E-state index in [-0.39, 0.29) is 17.1 Å². The molecule has 0 aromatic heterocycles. The molecule has 0 aliphatic carbocycles. The van der Waals surface area contributed by atoms with Crippen LogP contribution in [0.1, 0.15) is 44.5 Å². The third-order valence-corrected chi connectivity index (χ3v) is 3.96. The van der Waals surface area contributed by atoms with E-state index in [0.717, 1.165) is 17.9 Å². The highest BCUT2D eigenvalue weighted by molar-refractivity contribution is 7.80. The molecule has 0 saturated heterocycles. The number of hydrogen-bond acceptors (Lipinski definition) is 4. The molecule has 0 atom stereocenters. The van der Waals surface area contributed by atoms with Gasteiger partial charge in [-0.05, 0) is 68.7 Å². The van der Waals surface area contributed by atoms with Crippen LogP contribution >= 0.6 is 12.2 Å². The normalized spacial score (nSPS) is 10.6. The van der Waals surface area contributed by atoms with Gasteiger partial charge < -0.3 is 14.8 Å². The van der Waals surface area contributed by atoms with Crippen molar-refractivity contribution in [3.05, 3.63) is 54.1 Å². The lowest BCUT2D eigenvalue weighted by molar-refractivity contribution is 0.0977. The Kier molecular flexibility index (Phi) is 8.26. The van der Waals surface area contributed by atoms with Crippen molar-refractivity contribution in [3.8, 4) is 11.5 Å². The average molecular weight is 401 g/mol. The summed E-state index contributed by atoms with van der Waals surface area (Å²) in [6.45, 7) is 8.84. The number of amides is 1. The van der Waals surface area contributed by atoms with Gasteiger partial charge in [-0.3, -0.25) is 10.1 Å². The number of carbonyl (C=O) groups excluding carboxylic acids is 1. The van der Waals surface area contributed by atoms with Gasteiger partial charge in [0.05, 0.1) is 12.7 Å². The minimum atomic E-state index is -0.290. The van der Waals surface area contributed by atoms with E-state index in [1.165, 1.54) is 0 Å². The smallest absolute Gasteiger partial charge is 0.257 e. The summed E-state index contributed by atoms with van der Waals surface area (Å²) in [5.41, 5.74) is 1.23. The van der Waals surface area contributed by atoms with E-state index in [0.29, 0.717) is 23.8 Å². The summed E-state index contributed by atoms with van der Waals surface area (Å²) in [7, 11) is 0. The van der Waals surface area contributed by atoms with E-state index in [2.05, 4.69) is 24.5 Å². The zero-order valence-electron chi connectivity index (χ0n) is 16.8. The average Bonchev–Trinajstić information content (AvgIpc) is 2.61. The van der Waals surface area contributed by atoms with Crippen molar-refractivity contribution in [3.63, 3.8) is 0 Å². The fourth-order valence-electron chi connectivity index (χ4n) is 2.40. The van der Waals surface area contributed by atoms with Crippen molar-refractivity contribution >= 4 is 28.9 Å². The van der Waals surface area contributed by atoms with Crippen molar-refractivity contribution in [2.75, 3.05) is 11.9 Å². The first kappa shape index (κ1) is 21.7. The molecule has 150 valence electrons. The number of hydrogen-bond donors (Lipinski definition) is 2. The Morgan fingerprint density at radius 3 is 2.46 bits per heavy atom. The number of carbonyl (C=O) groups is 1. The van der Waals surface area contributed by atoms with Crippen molar-refractivity contribution < 1.29 is 14.3 Å². The van der Waals surface area contributed by atoms with Gasteiger partial charge >= 0.3 is 0 Å². The molecule has 2 rings (SSSR count). The molecule has 2 aromatic carbocycles. The molecule has 0 unspecified atom stereocenters. The van der Waals surface area contributed by atoms with Crippen LogP contribution in [0, 0.1) is 5.92 Å². The lowest BCUT2D eigenvalue weighted by Gasteiger charge is -2.13. The van der Waals surface area contributed by atoms with Crippen LogP contribution in [0.15, 0.2) is 48.5 Å². The number of ether oxygens (including phenoxy) is 2. The quantitative estimate of drug-likeness (QED) is 0.609. The Labute approximate surface area is 172 Å². The molecule has 0 saturated carbocycles. The molecule has 2 aromatic rings. The van der Waals surface area contributed by atoms with Crippen LogP contribution < -0.4 is 20.1 Å². The van der Waals surface area contributed by atoms with Gasteiger partial charge in [0.15, 0.2) is 5.11 Å². The maximum Gasteiger partial charge on any atom is 0.257 e. The lowest BCUT2D eigenvalue weighted by Crippen LogP contribution is -2.34. The van der Waals surface area contributed by atoms with Gasteiger partial charge in [-0.2, -0.15) is 0 Å². The summed E-state index contributed by atoms with van der Waals surface area (Å²) >= 11 is 5.26. The van der Waals surface area contributed by atoms with Crippen molar-refractivity contribution in [2.45, 2.75) is 40.2 Å². The standard InChI is InChI=1S/C22H28N2O3S/c1-15(2)11-12-26-19-9-5-7-17(13-19)21(25)24-22(28)23-18-8-6-10-20(14-18)27-16(3)4/h5-10,13-16H,11-12H2,1-4H3,(H2,23,24,25,28). The summed E-state index contributed by atoms with van der Waals surface area (Å²) in [5, 5.41) is 5.92. The number of rotatable bonds is 8. The highest BCUT2D eigenvalue weighted by Crippen LogP contribution is 2.19. The Bertz CT molecular complexity index is 806. The third-order valence-electron chi connectivity index (χ3n) is 3.75. The second-order valence-electron chi connectivity index (χ2n) is 7.16. The van der Waals surface area contributed by atoms with Crippen LogP contribution in [0.25, 0.3) is 0 Å². The SMILES string of the molecule is CC(C)CCOc1cccc(C(=O)NC(=S)Nc2cccc(OC(C)C)c2)c1. The summed E-state index contributed by atoms with van der Waals surface area (Å²) in [5.74, 6) is 1.69. The number of anilines is 1. The van der Waals surface area contributed by atoms with E-state index in [1.807, 2.05) is 44.2 Å². The van der Waals surface area contributed by atoms with Gasteiger partial charge in [-0.1, -0.05) is 26.0 Å². The summed E-state index contributed by atoms with van der Waals surface area (Å²) in [6, 6.07) is 14.5. The molecule has 0 bridgehead atoms. The molecule has 0 fully saturated rings. The molecule has 0 spiro atoms. The van der Waals surface area contributed by atoms with E-state index in [1.54, 1.807) is 18.2 Å². The first-order valence-electron chi connectivity index (χ1n) is 9.45. The Morgan fingerprint density at radius 1 is 1.04 bits per heavy atom. The van der Waals surface area contributed by atoms with Crippen LogP contribution in [-0.2, 0) is 0 Å². The molecule has 6 heteroatoms. The monoisotopic (exact) mass is 400 g/mol. The summed E-state index contributed by atoms with van der Waals surface area (Å²) in [4.78, 5) is 12.5. The third kappa shape index (κ3) is 7.56. The van der Waals surface area contributed by atoms with Crippen molar-refractivity contribution in [1.82, 2.24) is 5.32 Å².